The third-order valence-electron chi connectivity index (χ3n) is 12.2. The van der Waals surface area contributed by atoms with Crippen molar-refractivity contribution in [1.82, 2.24) is 9.80 Å². The average molecular weight is 749 g/mol. The number of hydrogen-bond acceptors (Lipinski definition) is 14. The standard InChI is InChI=1S/C38H72N2O12/c1-15-27(41)38(10,46)33-24(6)40(13)19-20(2)17-36(8,45)32(52-35-29(42)26(39(11)12)16-21(3)48-35)22(4)30(23(5)34(44)51-33)50-28-18-37(9,47-14)31(43)25(7)49-28/h20-33,35,41-43,45-46H,15-19H2,1-14H3/t20-,21-,22+,23-,24-,25+,26+,27-,28+,29-,30+,31+,32-,33?,35+,36-,37-,38-/m1/s1. The van der Waals surface area contributed by atoms with Crippen LogP contribution in [0.2, 0.25) is 0 Å². The SMILES string of the molecule is CC[C@@H](O)[C@@](C)(O)C1OC(=O)[C@H](C)[C@@H](O[C@H]2C[C@@](C)(OC)[C@@H](O)[C@H](C)O2)[C@H](C)[C@@H](O[C@@H]2O[C@H](C)C[C@H](N(C)C)[C@H]2O)[C@](C)(O)C[C@@H](C)CN(C)[C@@H]1C. The fourth-order valence-electron chi connectivity index (χ4n) is 8.73. The molecule has 0 aliphatic carbocycles. The number of likely N-dealkylation sites (N-methyl/N-ethyl adjacent to an activating group) is 2. The van der Waals surface area contributed by atoms with Gasteiger partial charge in [0.05, 0.1) is 47.6 Å². The maximum Gasteiger partial charge on any atom is 0.311 e. The van der Waals surface area contributed by atoms with E-state index in [1.165, 1.54) is 14.0 Å². The number of methoxy groups -OCH3 is 1. The highest BCUT2D eigenvalue weighted by Gasteiger charge is 2.53. The number of ether oxygens (including phenoxy) is 6. The molecule has 3 saturated heterocycles. The van der Waals surface area contributed by atoms with Crippen molar-refractivity contribution in [3.8, 4) is 0 Å². The van der Waals surface area contributed by atoms with E-state index in [1.807, 2.05) is 58.6 Å². The zero-order valence-electron chi connectivity index (χ0n) is 34.2. The van der Waals surface area contributed by atoms with Crippen LogP contribution in [0.25, 0.3) is 0 Å². The van der Waals surface area contributed by atoms with Crippen molar-refractivity contribution in [1.29, 1.82) is 0 Å². The van der Waals surface area contributed by atoms with Gasteiger partial charge in [-0.1, -0.05) is 20.8 Å². The van der Waals surface area contributed by atoms with Crippen molar-refractivity contribution in [2.45, 2.75) is 185 Å². The molecule has 0 radical (unpaired) electrons. The maximum atomic E-state index is 14.4. The van der Waals surface area contributed by atoms with E-state index in [0.29, 0.717) is 13.0 Å². The molecule has 0 saturated carbocycles. The van der Waals surface area contributed by atoms with Crippen LogP contribution in [0, 0.1) is 17.8 Å². The molecule has 0 aromatic carbocycles. The quantitative estimate of drug-likeness (QED) is 0.216. The highest BCUT2D eigenvalue weighted by atomic mass is 16.7. The zero-order chi connectivity index (χ0) is 39.7. The number of aliphatic hydroxyl groups is 5. The topological polar surface area (TPSA) is 180 Å². The van der Waals surface area contributed by atoms with Crippen molar-refractivity contribution in [3.63, 3.8) is 0 Å². The van der Waals surface area contributed by atoms with Crippen LogP contribution in [-0.2, 0) is 33.2 Å². The first-order valence-corrected chi connectivity index (χ1v) is 19.1. The van der Waals surface area contributed by atoms with Crippen molar-refractivity contribution >= 4 is 5.97 Å². The molecule has 14 nitrogen and oxygen atoms in total. The van der Waals surface area contributed by atoms with Crippen LogP contribution in [0.4, 0.5) is 0 Å². The van der Waals surface area contributed by atoms with Gasteiger partial charge in [0.25, 0.3) is 0 Å². The number of aliphatic hydroxyl groups excluding tert-OH is 3. The van der Waals surface area contributed by atoms with Crippen LogP contribution >= 0.6 is 0 Å². The zero-order valence-corrected chi connectivity index (χ0v) is 34.2. The molecule has 3 aliphatic heterocycles. The van der Waals surface area contributed by atoms with Crippen LogP contribution in [0.1, 0.15) is 94.9 Å². The molecule has 3 rings (SSSR count). The predicted octanol–water partition coefficient (Wildman–Crippen LogP) is 1.90. The van der Waals surface area contributed by atoms with Gasteiger partial charge in [0, 0.05) is 38.1 Å². The number of esters is 1. The van der Waals surface area contributed by atoms with Gasteiger partial charge >= 0.3 is 5.97 Å². The van der Waals surface area contributed by atoms with Gasteiger partial charge in [0.2, 0.25) is 0 Å². The predicted molar refractivity (Wildman–Crippen MR) is 194 cm³/mol. The molecule has 0 aromatic heterocycles. The lowest BCUT2D eigenvalue weighted by Gasteiger charge is -2.48. The van der Waals surface area contributed by atoms with Gasteiger partial charge in [0.1, 0.15) is 23.9 Å². The Balaban J connectivity index is 2.17. The lowest BCUT2D eigenvalue weighted by molar-refractivity contribution is -0.318. The monoisotopic (exact) mass is 749 g/mol. The lowest BCUT2D eigenvalue weighted by Crippen LogP contribution is -2.61. The molecule has 0 bridgehead atoms. The van der Waals surface area contributed by atoms with Gasteiger partial charge < -0.3 is 58.9 Å². The van der Waals surface area contributed by atoms with E-state index in [0.717, 1.165) is 0 Å². The Bertz CT molecular complexity index is 1140. The molecule has 3 fully saturated rings. The molecule has 14 heteroatoms. The number of nitrogens with zero attached hydrogens (tertiary/aromatic N) is 2. The molecule has 0 amide bonds. The fourth-order valence-corrected chi connectivity index (χ4v) is 8.73. The molecular formula is C38H72N2O12. The Kier molecular flexibility index (Phi) is 15.6. The summed E-state index contributed by atoms with van der Waals surface area (Å²) >= 11 is 0. The molecule has 5 N–H and O–H groups in total. The number of cyclic esters (lactones) is 1. The number of hydrogen-bond donors (Lipinski definition) is 5. The van der Waals surface area contributed by atoms with Crippen LogP contribution in [0.15, 0.2) is 0 Å². The minimum absolute atomic E-state index is 0.132. The van der Waals surface area contributed by atoms with Crippen LogP contribution in [0.3, 0.4) is 0 Å². The van der Waals surface area contributed by atoms with E-state index in [-0.39, 0.29) is 37.3 Å². The summed E-state index contributed by atoms with van der Waals surface area (Å²) in [7, 11) is 7.14. The van der Waals surface area contributed by atoms with Crippen molar-refractivity contribution in [2.24, 2.45) is 17.8 Å². The van der Waals surface area contributed by atoms with E-state index < -0.39 is 96.0 Å². The maximum absolute atomic E-state index is 14.4. The van der Waals surface area contributed by atoms with E-state index >= 15 is 0 Å². The first-order chi connectivity index (χ1) is 23.9. The normalized spacial score (nSPS) is 46.7. The number of rotatable bonds is 9. The molecule has 306 valence electrons. The van der Waals surface area contributed by atoms with Crippen molar-refractivity contribution in [3.05, 3.63) is 0 Å². The summed E-state index contributed by atoms with van der Waals surface area (Å²) in [6.45, 7) is 18.1. The molecular weight excluding hydrogens is 676 g/mol. The number of carbonyl (C=O) groups excluding carboxylic acids is 1. The third kappa shape index (κ3) is 10.0. The van der Waals surface area contributed by atoms with E-state index in [1.54, 1.807) is 34.6 Å². The molecule has 18 atom stereocenters. The van der Waals surface area contributed by atoms with Gasteiger partial charge in [-0.25, -0.2) is 0 Å². The first-order valence-electron chi connectivity index (χ1n) is 19.1. The molecule has 0 aromatic rings. The van der Waals surface area contributed by atoms with E-state index in [4.69, 9.17) is 28.4 Å². The molecule has 52 heavy (non-hydrogen) atoms. The molecule has 0 spiro atoms. The Morgan fingerprint density at radius 3 is 2.23 bits per heavy atom. The minimum Gasteiger partial charge on any atom is -0.457 e. The largest absolute Gasteiger partial charge is 0.457 e. The summed E-state index contributed by atoms with van der Waals surface area (Å²) in [6, 6.07) is -0.803. The Morgan fingerprint density at radius 2 is 1.67 bits per heavy atom. The Labute approximate surface area is 312 Å². The average Bonchev–Trinajstić information content (AvgIpc) is 3.06. The highest BCUT2D eigenvalue weighted by molar-refractivity contribution is 5.73. The highest BCUT2D eigenvalue weighted by Crippen LogP contribution is 2.40. The molecule has 3 aliphatic rings. The summed E-state index contributed by atoms with van der Waals surface area (Å²) in [6.07, 6.45) is -8.10. The summed E-state index contributed by atoms with van der Waals surface area (Å²) in [5.41, 5.74) is -4.35. The lowest BCUT2D eigenvalue weighted by atomic mass is 9.77. The Morgan fingerprint density at radius 1 is 1.06 bits per heavy atom. The van der Waals surface area contributed by atoms with Gasteiger partial charge in [0.15, 0.2) is 12.6 Å². The van der Waals surface area contributed by atoms with Gasteiger partial charge in [-0.15, -0.1) is 0 Å². The summed E-state index contributed by atoms with van der Waals surface area (Å²) < 4.78 is 37.7. The van der Waals surface area contributed by atoms with Crippen LogP contribution < -0.4 is 0 Å². The third-order valence-corrected chi connectivity index (χ3v) is 12.2. The van der Waals surface area contributed by atoms with Gasteiger partial charge in [-0.3, -0.25) is 9.69 Å². The summed E-state index contributed by atoms with van der Waals surface area (Å²) in [5.74, 6) is -2.58. The van der Waals surface area contributed by atoms with Crippen LogP contribution in [0.5, 0.6) is 0 Å². The second kappa shape index (κ2) is 17.8. The van der Waals surface area contributed by atoms with Gasteiger partial charge in [-0.05, 0) is 94.8 Å². The number of carbonyl (C=O) groups is 1. The first kappa shape index (κ1) is 45.4. The van der Waals surface area contributed by atoms with Crippen LogP contribution in [-0.4, -0.2) is 166 Å². The Hall–Kier alpha value is -1.01. The smallest absolute Gasteiger partial charge is 0.311 e. The molecule has 3 heterocycles. The second-order valence-corrected chi connectivity index (χ2v) is 17.2. The van der Waals surface area contributed by atoms with Gasteiger partial charge in [-0.2, -0.15) is 0 Å². The van der Waals surface area contributed by atoms with E-state index in [9.17, 15) is 30.3 Å². The molecule has 1 unspecified atom stereocenters. The summed E-state index contributed by atoms with van der Waals surface area (Å²) in [5, 5.41) is 57.6. The fraction of sp³-hybridized carbons (Fsp3) is 0.974. The van der Waals surface area contributed by atoms with E-state index in [2.05, 4.69) is 0 Å². The minimum atomic E-state index is -1.80. The summed E-state index contributed by atoms with van der Waals surface area (Å²) in [4.78, 5) is 18.3. The second-order valence-electron chi connectivity index (χ2n) is 17.2. The van der Waals surface area contributed by atoms with Crippen molar-refractivity contribution < 1.29 is 58.7 Å². The van der Waals surface area contributed by atoms with Crippen molar-refractivity contribution in [2.75, 3.05) is 34.8 Å².